The van der Waals surface area contributed by atoms with Crippen molar-refractivity contribution in [2.45, 2.75) is 17.9 Å². The summed E-state index contributed by atoms with van der Waals surface area (Å²) >= 11 is 6.87. The molecule has 1 aromatic heterocycles. The smallest absolute Gasteiger partial charge is 0.345 e. The van der Waals surface area contributed by atoms with Crippen LogP contribution in [0.1, 0.15) is 6.92 Å². The van der Waals surface area contributed by atoms with Crippen molar-refractivity contribution >= 4 is 47.7 Å². The summed E-state index contributed by atoms with van der Waals surface area (Å²) in [5.74, 6) is -1.51. The molecule has 0 saturated carbocycles. The lowest BCUT2D eigenvalue weighted by Gasteiger charge is -2.15. The normalized spacial score (nSPS) is 13.9. The molecule has 0 fully saturated rings. The van der Waals surface area contributed by atoms with Crippen LogP contribution in [0.15, 0.2) is 21.7 Å². The lowest BCUT2D eigenvalue weighted by atomic mass is 10.2. The minimum atomic E-state index is -1.13. The third-order valence-corrected chi connectivity index (χ3v) is 4.54. The molecule has 0 bridgehead atoms. The summed E-state index contributed by atoms with van der Waals surface area (Å²) in [5, 5.41) is 12.8. The molecule has 0 aliphatic carbocycles. The van der Waals surface area contributed by atoms with E-state index in [1.165, 1.54) is 23.1 Å². The van der Waals surface area contributed by atoms with Gasteiger partial charge < -0.3 is 9.84 Å². The molecule has 0 aliphatic heterocycles. The summed E-state index contributed by atoms with van der Waals surface area (Å²) in [4.78, 5) is 23.5. The van der Waals surface area contributed by atoms with Gasteiger partial charge >= 0.3 is 11.9 Å². The quantitative estimate of drug-likeness (QED) is 0.460. The van der Waals surface area contributed by atoms with Gasteiger partial charge in [-0.3, -0.25) is 4.79 Å². The van der Waals surface area contributed by atoms with Crippen molar-refractivity contribution < 1.29 is 19.4 Å². The standard InChI is InChI=1S/C11H14O4S3/c1-7(4-16)11(14)15-9(10(12)13)6-18-8-2-3-17-5-8/h2-3,5,7,9,16H,4,6H2,1H3,(H,12,13)/t7-,9?/m0/s1. The fourth-order valence-electron chi connectivity index (χ4n) is 0.993. The molecule has 18 heavy (non-hydrogen) atoms. The highest BCUT2D eigenvalue weighted by molar-refractivity contribution is 7.99. The van der Waals surface area contributed by atoms with Crippen LogP contribution in [0, 0.1) is 5.92 Å². The Bertz CT molecular complexity index is 391. The highest BCUT2D eigenvalue weighted by Gasteiger charge is 2.24. The van der Waals surface area contributed by atoms with Gasteiger partial charge in [0.05, 0.1) is 5.92 Å². The van der Waals surface area contributed by atoms with Crippen molar-refractivity contribution in [1.29, 1.82) is 0 Å². The molecular weight excluding hydrogens is 292 g/mol. The number of aliphatic carboxylic acids is 1. The van der Waals surface area contributed by atoms with Crippen LogP contribution in [0.4, 0.5) is 0 Å². The second-order valence-electron chi connectivity index (χ2n) is 3.62. The third-order valence-electron chi connectivity index (χ3n) is 2.11. The number of carbonyl (C=O) groups is 2. The van der Waals surface area contributed by atoms with Gasteiger partial charge in [0.2, 0.25) is 6.10 Å². The molecule has 2 atom stereocenters. The fraction of sp³-hybridized carbons (Fsp3) is 0.455. The maximum atomic E-state index is 11.5. The molecular formula is C11H14O4S3. The van der Waals surface area contributed by atoms with E-state index in [0.29, 0.717) is 5.75 Å². The number of rotatable bonds is 7. The molecule has 1 aromatic rings. The Morgan fingerprint density at radius 3 is 2.83 bits per heavy atom. The van der Waals surface area contributed by atoms with Gasteiger partial charge in [-0.05, 0) is 11.4 Å². The van der Waals surface area contributed by atoms with E-state index in [4.69, 9.17) is 9.84 Å². The first kappa shape index (κ1) is 15.4. The van der Waals surface area contributed by atoms with Gasteiger partial charge in [-0.15, -0.1) is 11.8 Å². The van der Waals surface area contributed by atoms with Crippen LogP contribution < -0.4 is 0 Å². The third kappa shape index (κ3) is 4.91. The van der Waals surface area contributed by atoms with Gasteiger partial charge in [-0.1, -0.05) is 6.92 Å². The molecule has 1 unspecified atom stereocenters. The number of carbonyl (C=O) groups excluding carboxylic acids is 1. The van der Waals surface area contributed by atoms with Crippen LogP contribution in [-0.2, 0) is 14.3 Å². The number of hydrogen-bond donors (Lipinski definition) is 2. The molecule has 1 heterocycles. The van der Waals surface area contributed by atoms with E-state index in [9.17, 15) is 9.59 Å². The highest BCUT2D eigenvalue weighted by Crippen LogP contribution is 2.22. The lowest BCUT2D eigenvalue weighted by Crippen LogP contribution is -2.32. The van der Waals surface area contributed by atoms with E-state index in [0.717, 1.165) is 4.90 Å². The lowest BCUT2D eigenvalue weighted by molar-refractivity contribution is -0.164. The first-order valence-corrected chi connectivity index (χ1v) is 7.79. The maximum absolute atomic E-state index is 11.5. The number of hydrogen-bond acceptors (Lipinski definition) is 6. The first-order chi connectivity index (χ1) is 8.54. The monoisotopic (exact) mass is 306 g/mol. The summed E-state index contributed by atoms with van der Waals surface area (Å²) in [6.07, 6.45) is -1.12. The molecule has 0 saturated heterocycles. The minimum absolute atomic E-state index is 0.205. The number of thiophene rings is 1. The largest absolute Gasteiger partial charge is 0.478 e. The zero-order valence-electron chi connectivity index (χ0n) is 9.74. The van der Waals surface area contributed by atoms with Gasteiger partial charge in [0.15, 0.2) is 0 Å². The maximum Gasteiger partial charge on any atom is 0.345 e. The van der Waals surface area contributed by atoms with E-state index < -0.39 is 24.0 Å². The van der Waals surface area contributed by atoms with Gasteiger partial charge in [-0.2, -0.15) is 24.0 Å². The van der Waals surface area contributed by atoms with Crippen molar-refractivity contribution in [1.82, 2.24) is 0 Å². The van der Waals surface area contributed by atoms with E-state index in [-0.39, 0.29) is 5.75 Å². The highest BCUT2D eigenvalue weighted by atomic mass is 32.2. The molecule has 0 radical (unpaired) electrons. The van der Waals surface area contributed by atoms with Crippen LogP contribution in [0.25, 0.3) is 0 Å². The van der Waals surface area contributed by atoms with E-state index in [2.05, 4.69) is 12.6 Å². The molecule has 0 aliphatic rings. The van der Waals surface area contributed by atoms with Crippen molar-refractivity contribution in [3.05, 3.63) is 16.8 Å². The number of thiol groups is 1. The number of esters is 1. The van der Waals surface area contributed by atoms with E-state index >= 15 is 0 Å². The Balaban J connectivity index is 2.50. The summed E-state index contributed by atoms with van der Waals surface area (Å²) in [7, 11) is 0. The Kier molecular flexibility index (Phi) is 6.59. The second-order valence-corrected chi connectivity index (χ2v) is 5.86. The topological polar surface area (TPSA) is 63.6 Å². The van der Waals surface area contributed by atoms with Gasteiger partial charge in [0.25, 0.3) is 0 Å². The summed E-state index contributed by atoms with van der Waals surface area (Å²) in [6, 6.07) is 1.90. The summed E-state index contributed by atoms with van der Waals surface area (Å²) < 4.78 is 4.96. The number of carboxylic acids is 1. The summed E-state index contributed by atoms with van der Waals surface area (Å²) in [5.41, 5.74) is 0. The molecule has 1 rings (SSSR count). The first-order valence-electron chi connectivity index (χ1n) is 5.23. The summed E-state index contributed by atoms with van der Waals surface area (Å²) in [6.45, 7) is 1.65. The van der Waals surface area contributed by atoms with Crippen LogP contribution in [0.2, 0.25) is 0 Å². The zero-order chi connectivity index (χ0) is 13.5. The average Bonchev–Trinajstić information content (AvgIpc) is 2.85. The predicted octanol–water partition coefficient (Wildman–Crippen LogP) is 2.40. The number of thioether (sulfide) groups is 1. The average molecular weight is 306 g/mol. The molecule has 0 spiro atoms. The molecule has 0 aromatic carbocycles. The van der Waals surface area contributed by atoms with Crippen LogP contribution in [0.5, 0.6) is 0 Å². The van der Waals surface area contributed by atoms with E-state index in [1.807, 2.05) is 16.8 Å². The molecule has 100 valence electrons. The Morgan fingerprint density at radius 1 is 1.61 bits per heavy atom. The van der Waals surface area contributed by atoms with Crippen LogP contribution >= 0.6 is 35.7 Å². The molecule has 0 amide bonds. The predicted molar refractivity (Wildman–Crippen MR) is 75.6 cm³/mol. The Labute approximate surface area is 119 Å². The van der Waals surface area contributed by atoms with Gasteiger partial charge in [0, 0.05) is 21.8 Å². The SMILES string of the molecule is C[C@@H](CS)C(=O)OC(CSc1ccsc1)C(=O)O. The van der Waals surface area contributed by atoms with Gasteiger partial charge in [0.1, 0.15) is 0 Å². The minimum Gasteiger partial charge on any atom is -0.478 e. The zero-order valence-corrected chi connectivity index (χ0v) is 12.3. The molecule has 4 nitrogen and oxygen atoms in total. The van der Waals surface area contributed by atoms with Crippen LogP contribution in [-0.4, -0.2) is 34.7 Å². The molecule has 7 heteroatoms. The van der Waals surface area contributed by atoms with Crippen molar-refractivity contribution in [2.75, 3.05) is 11.5 Å². The van der Waals surface area contributed by atoms with E-state index in [1.54, 1.807) is 6.92 Å². The van der Waals surface area contributed by atoms with Crippen molar-refractivity contribution in [3.8, 4) is 0 Å². The fourth-order valence-corrected chi connectivity index (χ4v) is 2.90. The Morgan fingerprint density at radius 2 is 2.33 bits per heavy atom. The van der Waals surface area contributed by atoms with Crippen LogP contribution in [0.3, 0.4) is 0 Å². The van der Waals surface area contributed by atoms with Crippen molar-refractivity contribution in [2.24, 2.45) is 5.92 Å². The number of carboxylic acid groups (broad SMARTS) is 1. The van der Waals surface area contributed by atoms with Crippen molar-refractivity contribution in [3.63, 3.8) is 0 Å². The second kappa shape index (κ2) is 7.70. The van der Waals surface area contributed by atoms with Gasteiger partial charge in [-0.25, -0.2) is 4.79 Å². The molecule has 1 N–H and O–H groups in total. The number of ether oxygens (including phenoxy) is 1. The Hall–Kier alpha value is -0.660.